The summed E-state index contributed by atoms with van der Waals surface area (Å²) in [6, 6.07) is 10.4. The summed E-state index contributed by atoms with van der Waals surface area (Å²) in [4.78, 5) is 26.4. The van der Waals surface area contributed by atoms with E-state index in [-0.39, 0.29) is 38.5 Å². The molecule has 0 aliphatic heterocycles. The van der Waals surface area contributed by atoms with Gasteiger partial charge in [-0.2, -0.15) is 4.31 Å². The molecule has 4 N–H and O–H groups in total. The number of nitrogens with zero attached hydrogens (tertiary/aromatic N) is 1. The van der Waals surface area contributed by atoms with Gasteiger partial charge >= 0.3 is 0 Å². The van der Waals surface area contributed by atoms with Crippen LogP contribution in [-0.2, 0) is 32.6 Å². The number of rotatable bonds is 15. The second-order valence-corrected chi connectivity index (χ2v) is 14.1. The Kier molecular flexibility index (Phi) is 13.0. The highest BCUT2D eigenvalue weighted by Gasteiger charge is 2.36. The lowest BCUT2D eigenvalue weighted by atomic mass is 9.85. The smallest absolute Gasteiger partial charge is 0.243 e. The molecule has 0 spiro atoms. The summed E-state index contributed by atoms with van der Waals surface area (Å²) >= 11 is 0. The first kappa shape index (κ1) is 35.3. The summed E-state index contributed by atoms with van der Waals surface area (Å²) in [5, 5.41) is 19.6. The minimum absolute atomic E-state index is 0.0168. The highest BCUT2D eigenvalue weighted by molar-refractivity contribution is 7.88. The second-order valence-electron chi connectivity index (χ2n) is 12.1. The van der Waals surface area contributed by atoms with Crippen molar-refractivity contribution in [1.82, 2.24) is 20.3 Å². The Morgan fingerprint density at radius 1 is 0.952 bits per heavy atom. The van der Waals surface area contributed by atoms with Crippen molar-refractivity contribution in [3.8, 4) is 0 Å². The molecule has 2 rings (SSSR count). The molecule has 2 amide bonds. The van der Waals surface area contributed by atoms with Gasteiger partial charge in [-0.1, -0.05) is 65.0 Å². The van der Waals surface area contributed by atoms with Crippen LogP contribution in [0.3, 0.4) is 0 Å². The normalized spacial score (nSPS) is 14.5. The molecule has 0 aromatic heterocycles. The van der Waals surface area contributed by atoms with Crippen molar-refractivity contribution in [2.45, 2.75) is 65.8 Å². The Morgan fingerprint density at radius 2 is 1.55 bits per heavy atom. The van der Waals surface area contributed by atoms with Crippen LogP contribution in [0, 0.1) is 23.0 Å². The molecule has 0 bridgehead atoms. The van der Waals surface area contributed by atoms with Crippen molar-refractivity contribution in [1.29, 1.82) is 0 Å². The second kappa shape index (κ2) is 15.5. The molecular weight excluding hydrogens is 566 g/mol. The van der Waals surface area contributed by atoms with Crippen LogP contribution >= 0.6 is 0 Å². The van der Waals surface area contributed by atoms with E-state index in [4.69, 9.17) is 0 Å². The number of aliphatic hydroxyl groups excluding tert-OH is 1. The maximum atomic E-state index is 13.6. The van der Waals surface area contributed by atoms with Crippen molar-refractivity contribution in [3.05, 3.63) is 71.3 Å². The predicted molar refractivity (Wildman–Crippen MR) is 159 cm³/mol. The third-order valence-corrected chi connectivity index (χ3v) is 7.73. The van der Waals surface area contributed by atoms with Crippen molar-refractivity contribution in [2.24, 2.45) is 11.3 Å². The van der Waals surface area contributed by atoms with E-state index < -0.39 is 57.1 Å². The molecule has 9 nitrogen and oxygen atoms in total. The zero-order valence-corrected chi connectivity index (χ0v) is 26.0. The van der Waals surface area contributed by atoms with Crippen LogP contribution < -0.4 is 16.0 Å². The molecule has 0 aliphatic rings. The average molecular weight is 611 g/mol. The summed E-state index contributed by atoms with van der Waals surface area (Å²) in [5.41, 5.74) is 0.416. The topological polar surface area (TPSA) is 128 Å². The van der Waals surface area contributed by atoms with E-state index in [1.54, 1.807) is 20.8 Å². The number of hydrogen-bond acceptors (Lipinski definition) is 6. The SMILES string of the molecule is CC(C)CN(CC(O)C(Cc1ccccc1)NC(=O)C(NC(=O)CNCc1cc(F)cc(F)c1)C(C)(C)C)S(C)(=O)=O. The van der Waals surface area contributed by atoms with Crippen LogP contribution in [0.5, 0.6) is 0 Å². The fourth-order valence-electron chi connectivity index (χ4n) is 4.43. The number of benzene rings is 2. The highest BCUT2D eigenvalue weighted by atomic mass is 32.2. The van der Waals surface area contributed by atoms with Gasteiger partial charge in [0.25, 0.3) is 0 Å². The van der Waals surface area contributed by atoms with Crippen LogP contribution in [0.25, 0.3) is 0 Å². The van der Waals surface area contributed by atoms with E-state index >= 15 is 0 Å². The number of aliphatic hydroxyl groups is 1. The van der Waals surface area contributed by atoms with E-state index in [0.29, 0.717) is 5.56 Å². The highest BCUT2D eigenvalue weighted by Crippen LogP contribution is 2.20. The van der Waals surface area contributed by atoms with Gasteiger partial charge in [-0.25, -0.2) is 17.2 Å². The van der Waals surface area contributed by atoms with Gasteiger partial charge in [-0.3, -0.25) is 9.59 Å². The number of hydrogen-bond donors (Lipinski definition) is 4. The van der Waals surface area contributed by atoms with Crippen molar-refractivity contribution >= 4 is 21.8 Å². The van der Waals surface area contributed by atoms with Crippen LogP contribution in [0.1, 0.15) is 45.7 Å². The first-order valence-corrected chi connectivity index (χ1v) is 15.7. The molecule has 0 heterocycles. The lowest BCUT2D eigenvalue weighted by molar-refractivity contribution is -0.132. The minimum atomic E-state index is -3.62. The zero-order valence-electron chi connectivity index (χ0n) is 25.2. The first-order valence-electron chi connectivity index (χ1n) is 13.9. The molecular formula is C30H44F2N4O5S. The van der Waals surface area contributed by atoms with Crippen LogP contribution in [0.15, 0.2) is 48.5 Å². The van der Waals surface area contributed by atoms with E-state index in [9.17, 15) is 31.9 Å². The molecule has 0 radical (unpaired) electrons. The quantitative estimate of drug-likeness (QED) is 0.246. The number of sulfonamides is 1. The van der Waals surface area contributed by atoms with Crippen LogP contribution in [0.2, 0.25) is 0 Å². The predicted octanol–water partition coefficient (Wildman–Crippen LogP) is 2.59. The molecule has 0 saturated heterocycles. The largest absolute Gasteiger partial charge is 0.390 e. The summed E-state index contributed by atoms with van der Waals surface area (Å²) in [6.45, 7) is 8.88. The summed E-state index contributed by atoms with van der Waals surface area (Å²) < 4.78 is 52.9. The third kappa shape index (κ3) is 12.1. The number of carbonyl (C=O) groups is 2. The first-order chi connectivity index (χ1) is 19.5. The zero-order chi connectivity index (χ0) is 31.7. The van der Waals surface area contributed by atoms with Gasteiger partial charge in [0.15, 0.2) is 0 Å². The number of amides is 2. The molecule has 12 heteroatoms. The van der Waals surface area contributed by atoms with Gasteiger partial charge in [0.05, 0.1) is 24.9 Å². The van der Waals surface area contributed by atoms with E-state index in [0.717, 1.165) is 30.0 Å². The van der Waals surface area contributed by atoms with E-state index in [1.165, 1.54) is 4.31 Å². The van der Waals surface area contributed by atoms with Gasteiger partial charge < -0.3 is 21.1 Å². The minimum Gasteiger partial charge on any atom is -0.390 e. The Hall–Kier alpha value is -2.93. The third-order valence-electron chi connectivity index (χ3n) is 6.49. The Bertz CT molecular complexity index is 1270. The van der Waals surface area contributed by atoms with Crippen LogP contribution in [0.4, 0.5) is 8.78 Å². The van der Waals surface area contributed by atoms with Gasteiger partial charge in [-0.15, -0.1) is 0 Å². The molecule has 0 fully saturated rings. The number of nitrogens with one attached hydrogen (secondary N) is 3. The van der Waals surface area contributed by atoms with Crippen LogP contribution in [-0.4, -0.2) is 73.7 Å². The Labute approximate surface area is 248 Å². The van der Waals surface area contributed by atoms with Crippen molar-refractivity contribution in [2.75, 3.05) is 25.9 Å². The standard InChI is InChI=1S/C30H44F2N4O5S/c1-20(2)18-36(42(6,40)41)19-26(37)25(14-21-10-8-7-9-11-21)34-29(39)28(30(3,4)5)35-27(38)17-33-16-22-12-23(31)15-24(32)13-22/h7-13,15,20,25-26,28,33,37H,14,16-19H2,1-6H3,(H,34,39)(H,35,38). The number of carbonyl (C=O) groups excluding carboxylic acids is 2. The molecule has 3 atom stereocenters. The van der Waals surface area contributed by atoms with Crippen molar-refractivity contribution < 1.29 is 31.9 Å². The monoisotopic (exact) mass is 610 g/mol. The van der Waals surface area contributed by atoms with Gasteiger partial charge in [-0.05, 0) is 41.0 Å². The average Bonchev–Trinajstić information content (AvgIpc) is 2.85. The number of halogens is 2. The fourth-order valence-corrected chi connectivity index (χ4v) is 5.42. The maximum Gasteiger partial charge on any atom is 0.243 e. The molecule has 3 unspecified atom stereocenters. The maximum absolute atomic E-state index is 13.6. The fraction of sp³-hybridized carbons (Fsp3) is 0.533. The molecule has 2 aromatic carbocycles. The Balaban J connectivity index is 2.18. The molecule has 234 valence electrons. The summed E-state index contributed by atoms with van der Waals surface area (Å²) in [6.07, 6.45) is 0.0628. The lowest BCUT2D eigenvalue weighted by Gasteiger charge is -2.34. The van der Waals surface area contributed by atoms with Crippen molar-refractivity contribution in [3.63, 3.8) is 0 Å². The van der Waals surface area contributed by atoms with E-state index in [1.807, 2.05) is 44.2 Å². The molecule has 0 saturated carbocycles. The van der Waals surface area contributed by atoms with Gasteiger partial charge in [0.2, 0.25) is 21.8 Å². The molecule has 42 heavy (non-hydrogen) atoms. The lowest BCUT2D eigenvalue weighted by Crippen LogP contribution is -2.59. The Morgan fingerprint density at radius 3 is 2.07 bits per heavy atom. The van der Waals surface area contributed by atoms with Gasteiger partial charge in [0.1, 0.15) is 17.7 Å². The molecule has 0 aliphatic carbocycles. The molecule has 2 aromatic rings. The van der Waals surface area contributed by atoms with Gasteiger partial charge in [0, 0.05) is 25.7 Å². The summed E-state index contributed by atoms with van der Waals surface area (Å²) in [7, 11) is -3.62. The summed E-state index contributed by atoms with van der Waals surface area (Å²) in [5.74, 6) is -2.49. The van der Waals surface area contributed by atoms with E-state index in [2.05, 4.69) is 16.0 Å².